The Morgan fingerprint density at radius 1 is 1.18 bits per heavy atom. The van der Waals surface area contributed by atoms with Crippen molar-refractivity contribution in [2.24, 2.45) is 17.8 Å². The zero-order valence-corrected chi connectivity index (χ0v) is 12.7. The van der Waals surface area contributed by atoms with Crippen molar-refractivity contribution in [3.05, 3.63) is 42.0 Å². The summed E-state index contributed by atoms with van der Waals surface area (Å²) in [5, 5.41) is 2.96. The van der Waals surface area contributed by atoms with Crippen LogP contribution in [0.15, 0.2) is 36.4 Å². The van der Waals surface area contributed by atoms with Gasteiger partial charge in [-0.05, 0) is 55.4 Å². The summed E-state index contributed by atoms with van der Waals surface area (Å²) in [6, 6.07) is 6.81. The molecule has 0 heterocycles. The number of hydrogen-bond acceptors (Lipinski definition) is 3. The Hall–Kier alpha value is -2.10. The molecule has 1 saturated carbocycles. The van der Waals surface area contributed by atoms with E-state index in [4.69, 9.17) is 0 Å². The van der Waals surface area contributed by atoms with Gasteiger partial charge in [-0.25, -0.2) is 4.79 Å². The molecule has 0 radical (unpaired) electrons. The van der Waals surface area contributed by atoms with E-state index < -0.39 is 0 Å². The van der Waals surface area contributed by atoms with Crippen LogP contribution in [0, 0.1) is 17.8 Å². The molecule has 1 N–H and O–H groups in total. The summed E-state index contributed by atoms with van der Waals surface area (Å²) in [6.07, 6.45) is 9.15. The molecule has 1 amide bonds. The summed E-state index contributed by atoms with van der Waals surface area (Å²) in [6.45, 7) is 0. The van der Waals surface area contributed by atoms with Crippen molar-refractivity contribution in [2.45, 2.75) is 25.7 Å². The van der Waals surface area contributed by atoms with Gasteiger partial charge in [-0.2, -0.15) is 0 Å². The van der Waals surface area contributed by atoms with Gasteiger partial charge in [0, 0.05) is 11.6 Å². The van der Waals surface area contributed by atoms with Crippen LogP contribution < -0.4 is 5.32 Å². The van der Waals surface area contributed by atoms with Crippen LogP contribution in [0.5, 0.6) is 0 Å². The minimum absolute atomic E-state index is 0.0902. The third-order valence-electron chi connectivity index (χ3n) is 4.62. The normalized spacial score (nSPS) is 27.8. The molecule has 2 aliphatic carbocycles. The van der Waals surface area contributed by atoms with E-state index in [0.717, 1.165) is 18.5 Å². The van der Waals surface area contributed by atoms with Crippen molar-refractivity contribution in [3.8, 4) is 0 Å². The molecule has 0 bridgehead atoms. The van der Waals surface area contributed by atoms with Crippen LogP contribution in [0.4, 0.5) is 5.69 Å². The molecule has 0 spiro atoms. The fourth-order valence-corrected chi connectivity index (χ4v) is 3.33. The van der Waals surface area contributed by atoms with Gasteiger partial charge in [-0.1, -0.05) is 18.6 Å². The molecule has 3 rings (SSSR count). The Labute approximate surface area is 130 Å². The zero-order valence-electron chi connectivity index (χ0n) is 12.7. The first-order valence-electron chi connectivity index (χ1n) is 7.86. The predicted molar refractivity (Wildman–Crippen MR) is 84.5 cm³/mol. The lowest BCUT2D eigenvalue weighted by molar-refractivity contribution is -0.117. The van der Waals surface area contributed by atoms with Gasteiger partial charge in [0.05, 0.1) is 12.7 Å². The number of hydrogen-bond donors (Lipinski definition) is 1. The van der Waals surface area contributed by atoms with Crippen molar-refractivity contribution in [3.63, 3.8) is 0 Å². The van der Waals surface area contributed by atoms with Gasteiger partial charge in [0.2, 0.25) is 5.91 Å². The topological polar surface area (TPSA) is 55.4 Å². The fraction of sp³-hybridized carbons (Fsp3) is 0.444. The van der Waals surface area contributed by atoms with Crippen LogP contribution in [0.2, 0.25) is 0 Å². The third-order valence-corrected chi connectivity index (χ3v) is 4.62. The highest BCUT2D eigenvalue weighted by atomic mass is 16.5. The molecule has 3 atom stereocenters. The van der Waals surface area contributed by atoms with Crippen molar-refractivity contribution in [1.29, 1.82) is 0 Å². The van der Waals surface area contributed by atoms with E-state index in [2.05, 4.69) is 22.2 Å². The minimum Gasteiger partial charge on any atom is -0.465 e. The average Bonchev–Trinajstić information content (AvgIpc) is 3.18. The predicted octanol–water partition coefficient (Wildman–Crippen LogP) is 3.40. The number of fused-ring (bicyclic) bond motifs is 1. The Morgan fingerprint density at radius 2 is 1.95 bits per heavy atom. The molecule has 4 heteroatoms. The summed E-state index contributed by atoms with van der Waals surface area (Å²) in [5.41, 5.74) is 1.21. The number of allylic oxidation sites excluding steroid dienone is 2. The molecule has 2 aliphatic rings. The lowest BCUT2D eigenvalue weighted by Gasteiger charge is -2.06. The summed E-state index contributed by atoms with van der Waals surface area (Å²) in [4.78, 5) is 23.8. The lowest BCUT2D eigenvalue weighted by atomic mass is 10.1. The Morgan fingerprint density at radius 3 is 2.68 bits per heavy atom. The lowest BCUT2D eigenvalue weighted by Crippen LogP contribution is -2.15. The molecule has 0 aromatic heterocycles. The van der Waals surface area contributed by atoms with Gasteiger partial charge >= 0.3 is 5.97 Å². The minimum atomic E-state index is -0.372. The molecular weight excluding hydrogens is 278 g/mol. The first-order valence-corrected chi connectivity index (χ1v) is 7.86. The van der Waals surface area contributed by atoms with Gasteiger partial charge in [0.15, 0.2) is 0 Å². The number of carbonyl (C=O) groups excluding carboxylic acids is 2. The van der Waals surface area contributed by atoms with Crippen LogP contribution >= 0.6 is 0 Å². The second-order valence-electron chi connectivity index (χ2n) is 6.04. The highest BCUT2D eigenvalue weighted by molar-refractivity contribution is 5.96. The molecular formula is C18H21NO3. The van der Waals surface area contributed by atoms with Crippen LogP contribution in [-0.2, 0) is 9.53 Å². The Bertz CT molecular complexity index is 591. The molecule has 1 aromatic rings. The summed E-state index contributed by atoms with van der Waals surface area (Å²) in [7, 11) is 1.35. The number of nitrogens with one attached hydrogen (secondary N) is 1. The quantitative estimate of drug-likeness (QED) is 0.687. The maximum absolute atomic E-state index is 12.4. The molecule has 116 valence electrons. The fourth-order valence-electron chi connectivity index (χ4n) is 3.33. The second-order valence-corrected chi connectivity index (χ2v) is 6.04. The van der Waals surface area contributed by atoms with Crippen LogP contribution in [0.25, 0.3) is 0 Å². The Balaban J connectivity index is 1.61. The summed E-state index contributed by atoms with van der Waals surface area (Å²) < 4.78 is 4.66. The third kappa shape index (κ3) is 3.06. The van der Waals surface area contributed by atoms with Crippen molar-refractivity contribution >= 4 is 17.6 Å². The van der Waals surface area contributed by atoms with Gasteiger partial charge in [0.1, 0.15) is 0 Å². The number of rotatable bonds is 3. The summed E-state index contributed by atoms with van der Waals surface area (Å²) in [5.74, 6) is 0.742. The van der Waals surface area contributed by atoms with E-state index in [0.29, 0.717) is 17.4 Å². The summed E-state index contributed by atoms with van der Waals surface area (Å²) >= 11 is 0. The standard InChI is InChI=1S/C18H21NO3/c1-22-18(21)12-8-10-13(11-9-12)19-17(20)16-14-6-4-2-3-5-7-15(14)16/h4,6,8-11,14-16H,2-3,5,7H2,1H3,(H,19,20)/b6-4-. The molecule has 0 saturated heterocycles. The van der Waals surface area contributed by atoms with Crippen LogP contribution in [0.1, 0.15) is 36.0 Å². The highest BCUT2D eigenvalue weighted by Gasteiger charge is 2.52. The molecule has 0 aliphatic heterocycles. The van der Waals surface area contributed by atoms with E-state index in [-0.39, 0.29) is 17.8 Å². The van der Waals surface area contributed by atoms with E-state index in [1.807, 2.05) is 0 Å². The van der Waals surface area contributed by atoms with Gasteiger partial charge < -0.3 is 10.1 Å². The number of ether oxygens (including phenoxy) is 1. The molecule has 4 nitrogen and oxygen atoms in total. The van der Waals surface area contributed by atoms with Crippen molar-refractivity contribution < 1.29 is 14.3 Å². The second kappa shape index (κ2) is 6.34. The number of amides is 1. The van der Waals surface area contributed by atoms with E-state index >= 15 is 0 Å². The SMILES string of the molecule is COC(=O)c1ccc(NC(=O)C2C3/C=C\CCCCC32)cc1. The first-order chi connectivity index (χ1) is 10.7. The van der Waals surface area contributed by atoms with Gasteiger partial charge in [-0.3, -0.25) is 4.79 Å². The van der Waals surface area contributed by atoms with Crippen LogP contribution in [-0.4, -0.2) is 19.0 Å². The molecule has 22 heavy (non-hydrogen) atoms. The number of esters is 1. The van der Waals surface area contributed by atoms with Gasteiger partial charge in [0.25, 0.3) is 0 Å². The number of benzene rings is 1. The highest BCUT2D eigenvalue weighted by Crippen LogP contribution is 2.51. The average molecular weight is 299 g/mol. The van der Waals surface area contributed by atoms with Crippen molar-refractivity contribution in [1.82, 2.24) is 0 Å². The maximum atomic E-state index is 12.4. The van der Waals surface area contributed by atoms with E-state index in [9.17, 15) is 9.59 Å². The van der Waals surface area contributed by atoms with E-state index in [1.54, 1.807) is 24.3 Å². The monoisotopic (exact) mass is 299 g/mol. The number of methoxy groups -OCH3 is 1. The van der Waals surface area contributed by atoms with Crippen molar-refractivity contribution in [2.75, 3.05) is 12.4 Å². The molecule has 3 unspecified atom stereocenters. The van der Waals surface area contributed by atoms with Gasteiger partial charge in [-0.15, -0.1) is 0 Å². The smallest absolute Gasteiger partial charge is 0.337 e. The Kier molecular flexibility index (Phi) is 4.27. The maximum Gasteiger partial charge on any atom is 0.337 e. The number of carbonyl (C=O) groups is 2. The zero-order chi connectivity index (χ0) is 15.5. The number of anilines is 1. The first kappa shape index (κ1) is 14.8. The van der Waals surface area contributed by atoms with E-state index in [1.165, 1.54) is 20.0 Å². The largest absolute Gasteiger partial charge is 0.465 e. The molecule has 1 fully saturated rings. The van der Waals surface area contributed by atoms with Crippen LogP contribution in [0.3, 0.4) is 0 Å². The molecule has 1 aromatic carbocycles.